The van der Waals surface area contributed by atoms with Crippen LogP contribution in [0.3, 0.4) is 0 Å². The first-order valence-electron chi connectivity index (χ1n) is 8.07. The van der Waals surface area contributed by atoms with E-state index in [2.05, 4.69) is 46.8 Å². The third kappa shape index (κ3) is 4.03. The third-order valence-corrected chi connectivity index (χ3v) is 5.12. The van der Waals surface area contributed by atoms with E-state index in [0.29, 0.717) is 6.54 Å². The summed E-state index contributed by atoms with van der Waals surface area (Å²) in [4.78, 5) is 2.35. The van der Waals surface area contributed by atoms with Crippen molar-refractivity contribution in [2.24, 2.45) is 0 Å². The van der Waals surface area contributed by atoms with Crippen LogP contribution in [0.25, 0.3) is 0 Å². The van der Waals surface area contributed by atoms with Crippen molar-refractivity contribution in [1.29, 1.82) is 0 Å². The van der Waals surface area contributed by atoms with Crippen LogP contribution in [-0.4, -0.2) is 42.4 Å². The minimum Gasteiger partial charge on any atom is -0.291 e. The molecular formula is C17H24N4O2S. The topological polar surface area (TPSA) is 67.2 Å². The Kier molecular flexibility index (Phi) is 4.76. The number of benzene rings is 1. The number of nitrogens with zero attached hydrogens (tertiary/aromatic N) is 3. The van der Waals surface area contributed by atoms with Gasteiger partial charge >= 0.3 is 0 Å². The minimum atomic E-state index is -3.21. The summed E-state index contributed by atoms with van der Waals surface area (Å²) in [5, 5.41) is 4.37. The maximum Gasteiger partial charge on any atom is 0.208 e. The van der Waals surface area contributed by atoms with Crippen molar-refractivity contribution < 1.29 is 8.42 Å². The summed E-state index contributed by atoms with van der Waals surface area (Å²) in [5.74, 6) is 0. The van der Waals surface area contributed by atoms with Crippen LogP contribution in [0.1, 0.15) is 28.4 Å². The van der Waals surface area contributed by atoms with E-state index >= 15 is 0 Å². The van der Waals surface area contributed by atoms with E-state index in [0.717, 1.165) is 25.3 Å². The number of hydrogen-bond donors (Lipinski definition) is 1. The Bertz CT molecular complexity index is 829. The van der Waals surface area contributed by atoms with E-state index in [-0.39, 0.29) is 6.04 Å². The van der Waals surface area contributed by atoms with Gasteiger partial charge in [0.15, 0.2) is 0 Å². The number of hydrogen-bond acceptors (Lipinski definition) is 4. The highest BCUT2D eigenvalue weighted by Gasteiger charge is 2.26. The van der Waals surface area contributed by atoms with Crippen molar-refractivity contribution in [3.63, 3.8) is 0 Å². The van der Waals surface area contributed by atoms with E-state index in [4.69, 9.17) is 0 Å². The Labute approximate surface area is 143 Å². The first-order valence-corrected chi connectivity index (χ1v) is 9.96. The molecule has 3 rings (SSSR count). The van der Waals surface area contributed by atoms with Gasteiger partial charge in [-0.25, -0.2) is 13.1 Å². The monoisotopic (exact) mass is 348 g/mol. The van der Waals surface area contributed by atoms with Gasteiger partial charge in [-0.15, -0.1) is 0 Å². The van der Waals surface area contributed by atoms with Gasteiger partial charge in [0, 0.05) is 32.4 Å². The summed E-state index contributed by atoms with van der Waals surface area (Å²) < 4.78 is 27.4. The fraction of sp³-hybridized carbons (Fsp3) is 0.471. The van der Waals surface area contributed by atoms with E-state index in [9.17, 15) is 8.42 Å². The van der Waals surface area contributed by atoms with Gasteiger partial charge in [-0.05, 0) is 31.0 Å². The van der Waals surface area contributed by atoms with Gasteiger partial charge in [0.2, 0.25) is 10.0 Å². The molecule has 1 aromatic heterocycles. The van der Waals surface area contributed by atoms with E-state index in [1.54, 1.807) is 6.20 Å². The normalized spacial score (nSPS) is 18.5. The number of rotatable bonds is 5. The molecule has 0 fully saturated rings. The highest BCUT2D eigenvalue weighted by molar-refractivity contribution is 7.88. The highest BCUT2D eigenvalue weighted by Crippen LogP contribution is 2.23. The molecule has 0 amide bonds. The molecule has 0 aliphatic carbocycles. The predicted molar refractivity (Wildman–Crippen MR) is 94.1 cm³/mol. The fourth-order valence-electron chi connectivity index (χ4n) is 3.20. The standard InChI is InChI=1S/C17H24N4O2S/c1-13-4-5-14(2)15(8-13)10-20-11-16-6-7-18-21(16)17(12-20)9-19-24(3,22)23/h4-8,17,19H,9-12H2,1-3H3/t17-/m0/s1. The van der Waals surface area contributed by atoms with Crippen molar-refractivity contribution >= 4 is 10.0 Å². The second-order valence-electron chi connectivity index (χ2n) is 6.64. The zero-order chi connectivity index (χ0) is 17.3. The van der Waals surface area contributed by atoms with Crippen molar-refractivity contribution in [2.75, 3.05) is 19.3 Å². The molecule has 24 heavy (non-hydrogen) atoms. The molecule has 1 atom stereocenters. The van der Waals surface area contributed by atoms with Crippen LogP contribution in [-0.2, 0) is 23.1 Å². The lowest BCUT2D eigenvalue weighted by molar-refractivity contribution is 0.167. The molecule has 0 spiro atoms. The van der Waals surface area contributed by atoms with Crippen LogP contribution in [0.5, 0.6) is 0 Å². The molecule has 2 heterocycles. The molecule has 7 heteroatoms. The van der Waals surface area contributed by atoms with Crippen LogP contribution in [0.2, 0.25) is 0 Å². The van der Waals surface area contributed by atoms with Crippen molar-refractivity contribution in [2.45, 2.75) is 33.0 Å². The van der Waals surface area contributed by atoms with Gasteiger partial charge in [0.25, 0.3) is 0 Å². The lowest BCUT2D eigenvalue weighted by Crippen LogP contribution is -2.42. The zero-order valence-corrected chi connectivity index (χ0v) is 15.2. The van der Waals surface area contributed by atoms with Gasteiger partial charge < -0.3 is 0 Å². The predicted octanol–water partition coefficient (Wildman–Crippen LogP) is 1.61. The van der Waals surface area contributed by atoms with Crippen molar-refractivity contribution in [1.82, 2.24) is 19.4 Å². The number of aromatic nitrogens is 2. The molecule has 2 aromatic rings. The average molecular weight is 348 g/mol. The molecule has 0 bridgehead atoms. The largest absolute Gasteiger partial charge is 0.291 e. The van der Waals surface area contributed by atoms with Crippen LogP contribution in [0, 0.1) is 13.8 Å². The molecule has 0 unspecified atom stereocenters. The van der Waals surface area contributed by atoms with E-state index in [1.165, 1.54) is 22.9 Å². The summed E-state index contributed by atoms with van der Waals surface area (Å²) in [5.41, 5.74) is 4.98. The summed E-state index contributed by atoms with van der Waals surface area (Å²) in [6, 6.07) is 8.52. The molecule has 1 aliphatic rings. The Balaban J connectivity index is 1.78. The molecule has 0 radical (unpaired) electrons. The van der Waals surface area contributed by atoms with Gasteiger partial charge in [-0.3, -0.25) is 9.58 Å². The van der Waals surface area contributed by atoms with Gasteiger partial charge in [-0.1, -0.05) is 23.8 Å². The summed E-state index contributed by atoms with van der Waals surface area (Å²) >= 11 is 0. The van der Waals surface area contributed by atoms with Gasteiger partial charge in [0.05, 0.1) is 18.0 Å². The minimum absolute atomic E-state index is 0.00332. The maximum atomic E-state index is 11.4. The molecule has 1 N–H and O–H groups in total. The van der Waals surface area contributed by atoms with Crippen molar-refractivity contribution in [3.05, 3.63) is 52.8 Å². The lowest BCUT2D eigenvalue weighted by Gasteiger charge is -2.34. The number of nitrogens with one attached hydrogen (secondary N) is 1. The summed E-state index contributed by atoms with van der Waals surface area (Å²) in [6.45, 7) is 7.04. The number of sulfonamides is 1. The molecule has 0 saturated heterocycles. The van der Waals surface area contributed by atoms with Gasteiger partial charge in [-0.2, -0.15) is 5.10 Å². The lowest BCUT2D eigenvalue weighted by atomic mass is 10.0. The van der Waals surface area contributed by atoms with Gasteiger partial charge in [0.1, 0.15) is 0 Å². The number of fused-ring (bicyclic) bond motifs is 1. The SMILES string of the molecule is Cc1ccc(C)c(CN2Cc3ccnn3[C@@H](CNS(C)(=O)=O)C2)c1. The van der Waals surface area contributed by atoms with Crippen molar-refractivity contribution in [3.8, 4) is 0 Å². The van der Waals surface area contributed by atoms with E-state index in [1.807, 2.05) is 10.7 Å². The van der Waals surface area contributed by atoms with Crippen LogP contribution < -0.4 is 4.72 Å². The maximum absolute atomic E-state index is 11.4. The third-order valence-electron chi connectivity index (χ3n) is 4.43. The Hall–Kier alpha value is -1.70. The second-order valence-corrected chi connectivity index (χ2v) is 8.47. The van der Waals surface area contributed by atoms with E-state index < -0.39 is 10.0 Å². The Morgan fingerprint density at radius 3 is 2.83 bits per heavy atom. The van der Waals surface area contributed by atoms with Crippen LogP contribution in [0.15, 0.2) is 30.5 Å². The molecule has 1 aliphatic heterocycles. The average Bonchev–Trinajstić information content (AvgIpc) is 2.96. The summed E-state index contributed by atoms with van der Waals surface area (Å²) in [6.07, 6.45) is 2.97. The number of aryl methyl sites for hydroxylation is 2. The fourth-order valence-corrected chi connectivity index (χ4v) is 3.69. The zero-order valence-electron chi connectivity index (χ0n) is 14.4. The first kappa shape index (κ1) is 17.1. The second kappa shape index (κ2) is 6.66. The molecule has 6 nitrogen and oxygen atoms in total. The molecular weight excluding hydrogens is 324 g/mol. The molecule has 0 saturated carbocycles. The Morgan fingerprint density at radius 2 is 2.08 bits per heavy atom. The highest BCUT2D eigenvalue weighted by atomic mass is 32.2. The Morgan fingerprint density at radius 1 is 1.29 bits per heavy atom. The smallest absolute Gasteiger partial charge is 0.208 e. The first-order chi connectivity index (χ1) is 11.3. The summed E-state index contributed by atoms with van der Waals surface area (Å²) in [7, 11) is -3.21. The molecule has 1 aromatic carbocycles. The molecule has 130 valence electrons. The quantitative estimate of drug-likeness (QED) is 0.891. The van der Waals surface area contributed by atoms with Crippen LogP contribution >= 0.6 is 0 Å². The van der Waals surface area contributed by atoms with Crippen LogP contribution in [0.4, 0.5) is 0 Å².